The number of hydrogen-bond acceptors (Lipinski definition) is 7. The van der Waals surface area contributed by atoms with Crippen LogP contribution in [-0.2, 0) is 11.2 Å². The van der Waals surface area contributed by atoms with Crippen molar-refractivity contribution >= 4 is 11.5 Å². The number of nitro benzene ring substituents is 1. The summed E-state index contributed by atoms with van der Waals surface area (Å²) in [5.74, 6) is 1.13. The zero-order chi connectivity index (χ0) is 18.6. The number of anilines is 1. The molecule has 0 atom stereocenters. The molecule has 1 aliphatic heterocycles. The van der Waals surface area contributed by atoms with E-state index in [0.29, 0.717) is 49.8 Å². The van der Waals surface area contributed by atoms with Crippen LogP contribution >= 0.6 is 0 Å². The summed E-state index contributed by atoms with van der Waals surface area (Å²) >= 11 is 0. The van der Waals surface area contributed by atoms with Gasteiger partial charge >= 0.3 is 0 Å². The van der Waals surface area contributed by atoms with Gasteiger partial charge in [-0.25, -0.2) is 9.97 Å². The Hall–Kier alpha value is -2.58. The first-order chi connectivity index (χ1) is 12.5. The van der Waals surface area contributed by atoms with Gasteiger partial charge in [0, 0.05) is 62.1 Å². The first kappa shape index (κ1) is 18.2. The molecule has 0 saturated carbocycles. The minimum absolute atomic E-state index is 0.0282. The molecule has 1 fully saturated rings. The lowest BCUT2D eigenvalue weighted by Crippen LogP contribution is -2.42. The van der Waals surface area contributed by atoms with Crippen LogP contribution in [0.5, 0.6) is 0 Å². The summed E-state index contributed by atoms with van der Waals surface area (Å²) in [7, 11) is 0. The third-order valence-electron chi connectivity index (χ3n) is 4.50. The second-order valence-electron chi connectivity index (χ2n) is 6.42. The normalized spacial score (nSPS) is 16.2. The van der Waals surface area contributed by atoms with Crippen molar-refractivity contribution in [2.75, 3.05) is 25.1 Å². The lowest BCUT2D eigenvalue weighted by atomic mass is 9.94. The van der Waals surface area contributed by atoms with E-state index >= 15 is 0 Å². The largest absolute Gasteiger partial charge is 0.388 e. The van der Waals surface area contributed by atoms with Gasteiger partial charge in [-0.1, -0.05) is 6.92 Å². The summed E-state index contributed by atoms with van der Waals surface area (Å²) in [6.45, 7) is 3.49. The van der Waals surface area contributed by atoms with Crippen LogP contribution in [0.25, 0.3) is 11.4 Å². The molecule has 0 bridgehead atoms. The maximum absolute atomic E-state index is 10.8. The van der Waals surface area contributed by atoms with Gasteiger partial charge < -0.3 is 15.2 Å². The molecule has 2 heterocycles. The lowest BCUT2D eigenvalue weighted by Gasteiger charge is -2.32. The Morgan fingerprint density at radius 2 is 1.96 bits per heavy atom. The van der Waals surface area contributed by atoms with Crippen LogP contribution in [0.3, 0.4) is 0 Å². The number of nitrogens with one attached hydrogen (secondary N) is 1. The average molecular weight is 358 g/mol. The highest BCUT2D eigenvalue weighted by Gasteiger charge is 2.29. The van der Waals surface area contributed by atoms with Crippen LogP contribution in [0.15, 0.2) is 30.3 Å². The summed E-state index contributed by atoms with van der Waals surface area (Å²) in [5, 5.41) is 24.6. The van der Waals surface area contributed by atoms with Gasteiger partial charge in [-0.05, 0) is 18.6 Å². The van der Waals surface area contributed by atoms with Gasteiger partial charge in [0.1, 0.15) is 5.82 Å². The van der Waals surface area contributed by atoms with Crippen LogP contribution < -0.4 is 5.32 Å². The molecule has 2 aromatic rings. The molecule has 0 aliphatic carbocycles. The van der Waals surface area contributed by atoms with Crippen molar-refractivity contribution in [3.63, 3.8) is 0 Å². The quantitative estimate of drug-likeness (QED) is 0.603. The maximum atomic E-state index is 10.8. The average Bonchev–Trinajstić information content (AvgIpc) is 2.67. The Morgan fingerprint density at radius 3 is 2.58 bits per heavy atom. The number of aromatic nitrogens is 2. The van der Waals surface area contributed by atoms with Crippen molar-refractivity contribution in [2.45, 2.75) is 31.8 Å². The summed E-state index contributed by atoms with van der Waals surface area (Å²) in [4.78, 5) is 19.4. The van der Waals surface area contributed by atoms with Crippen molar-refractivity contribution in [2.24, 2.45) is 0 Å². The third-order valence-corrected chi connectivity index (χ3v) is 4.50. The standard InChI is InChI=1S/C18H22N4O4/c1-2-14-11-16(19-12-18(23)7-9-26-10-8-18)21-17(20-14)13-3-5-15(6-4-13)22(24)25/h3-6,11,23H,2,7-10,12H2,1H3,(H,19,20,21). The fraction of sp³-hybridized carbons (Fsp3) is 0.444. The SMILES string of the molecule is CCc1cc(NCC2(O)CCOCC2)nc(-c2ccc([N+](=O)[O-])cc2)n1. The number of ether oxygens (including phenoxy) is 1. The summed E-state index contributed by atoms with van der Waals surface area (Å²) in [5.41, 5.74) is 0.789. The topological polar surface area (TPSA) is 110 Å². The zero-order valence-corrected chi connectivity index (χ0v) is 14.6. The van der Waals surface area contributed by atoms with E-state index in [1.165, 1.54) is 12.1 Å². The van der Waals surface area contributed by atoms with E-state index in [1.54, 1.807) is 12.1 Å². The Morgan fingerprint density at radius 1 is 1.27 bits per heavy atom. The molecule has 0 radical (unpaired) electrons. The Labute approximate surface area is 151 Å². The summed E-state index contributed by atoms with van der Waals surface area (Å²) in [6, 6.07) is 8.02. The highest BCUT2D eigenvalue weighted by atomic mass is 16.6. The van der Waals surface area contributed by atoms with Crippen LogP contribution in [0.1, 0.15) is 25.5 Å². The molecule has 26 heavy (non-hydrogen) atoms. The zero-order valence-electron chi connectivity index (χ0n) is 14.6. The van der Waals surface area contributed by atoms with E-state index in [4.69, 9.17) is 4.74 Å². The number of nitrogens with zero attached hydrogens (tertiary/aromatic N) is 3. The van der Waals surface area contributed by atoms with Gasteiger partial charge in [-0.3, -0.25) is 10.1 Å². The molecule has 1 aromatic heterocycles. The van der Waals surface area contributed by atoms with E-state index in [1.807, 2.05) is 13.0 Å². The molecule has 0 unspecified atom stereocenters. The van der Waals surface area contributed by atoms with Crippen LogP contribution in [-0.4, -0.2) is 45.4 Å². The predicted octanol–water partition coefficient (Wildman–Crippen LogP) is 2.57. The Balaban J connectivity index is 1.80. The van der Waals surface area contributed by atoms with Gasteiger partial charge in [0.2, 0.25) is 0 Å². The molecular formula is C18H22N4O4. The fourth-order valence-electron chi connectivity index (χ4n) is 2.81. The van der Waals surface area contributed by atoms with Gasteiger partial charge in [-0.15, -0.1) is 0 Å². The molecule has 138 valence electrons. The number of non-ortho nitro benzene ring substituents is 1. The Kier molecular flexibility index (Phi) is 5.43. The minimum Gasteiger partial charge on any atom is -0.388 e. The van der Waals surface area contributed by atoms with Gasteiger partial charge in [-0.2, -0.15) is 0 Å². The molecule has 1 saturated heterocycles. The molecule has 8 heteroatoms. The number of rotatable bonds is 6. The molecule has 2 N–H and O–H groups in total. The summed E-state index contributed by atoms with van der Waals surface area (Å²) in [6.07, 6.45) is 1.90. The first-order valence-electron chi connectivity index (χ1n) is 8.66. The molecule has 1 aliphatic rings. The van der Waals surface area contributed by atoms with E-state index in [-0.39, 0.29) is 5.69 Å². The van der Waals surface area contributed by atoms with E-state index in [2.05, 4.69) is 15.3 Å². The fourth-order valence-corrected chi connectivity index (χ4v) is 2.81. The number of aliphatic hydroxyl groups is 1. The van der Waals surface area contributed by atoms with Crippen molar-refractivity contribution in [1.29, 1.82) is 0 Å². The maximum Gasteiger partial charge on any atom is 0.269 e. The third kappa shape index (κ3) is 4.33. The number of hydrogen-bond donors (Lipinski definition) is 2. The highest BCUT2D eigenvalue weighted by Crippen LogP contribution is 2.24. The van der Waals surface area contributed by atoms with Gasteiger partial charge in [0.15, 0.2) is 5.82 Å². The molecule has 8 nitrogen and oxygen atoms in total. The number of nitro groups is 1. The van der Waals surface area contributed by atoms with Crippen molar-refractivity contribution < 1.29 is 14.8 Å². The highest BCUT2D eigenvalue weighted by molar-refractivity contribution is 5.59. The number of benzene rings is 1. The smallest absolute Gasteiger partial charge is 0.269 e. The molecule has 3 rings (SSSR count). The summed E-state index contributed by atoms with van der Waals surface area (Å²) < 4.78 is 5.30. The van der Waals surface area contributed by atoms with Crippen molar-refractivity contribution in [3.8, 4) is 11.4 Å². The Bertz CT molecular complexity index is 773. The van der Waals surface area contributed by atoms with E-state index < -0.39 is 10.5 Å². The molecule has 0 spiro atoms. The second-order valence-corrected chi connectivity index (χ2v) is 6.42. The van der Waals surface area contributed by atoms with Gasteiger partial charge in [0.25, 0.3) is 5.69 Å². The lowest BCUT2D eigenvalue weighted by molar-refractivity contribution is -0.384. The van der Waals surface area contributed by atoms with Crippen molar-refractivity contribution in [3.05, 3.63) is 46.1 Å². The van der Waals surface area contributed by atoms with E-state index in [9.17, 15) is 15.2 Å². The monoisotopic (exact) mass is 358 g/mol. The first-order valence-corrected chi connectivity index (χ1v) is 8.66. The van der Waals surface area contributed by atoms with Crippen LogP contribution in [0.2, 0.25) is 0 Å². The number of aryl methyl sites for hydroxylation is 1. The van der Waals surface area contributed by atoms with Crippen LogP contribution in [0.4, 0.5) is 11.5 Å². The molecule has 1 aromatic carbocycles. The van der Waals surface area contributed by atoms with Crippen molar-refractivity contribution in [1.82, 2.24) is 9.97 Å². The van der Waals surface area contributed by atoms with E-state index in [0.717, 1.165) is 12.1 Å². The van der Waals surface area contributed by atoms with Gasteiger partial charge in [0.05, 0.1) is 10.5 Å². The molecular weight excluding hydrogens is 336 g/mol. The predicted molar refractivity (Wildman–Crippen MR) is 97.0 cm³/mol. The second kappa shape index (κ2) is 7.76. The minimum atomic E-state index is -0.802. The van der Waals surface area contributed by atoms with Crippen LogP contribution in [0, 0.1) is 10.1 Å². The molecule has 0 amide bonds.